The Morgan fingerprint density at radius 2 is 1.65 bits per heavy atom. The third-order valence-electron chi connectivity index (χ3n) is 3.21. The van der Waals surface area contributed by atoms with Gasteiger partial charge in [-0.15, -0.1) is 0 Å². The van der Waals surface area contributed by atoms with Crippen molar-refractivity contribution >= 4 is 11.9 Å². The zero-order valence-electron chi connectivity index (χ0n) is 12.8. The van der Waals surface area contributed by atoms with Crippen molar-refractivity contribution in [1.29, 1.82) is 0 Å². The summed E-state index contributed by atoms with van der Waals surface area (Å²) < 4.78 is 0. The summed E-state index contributed by atoms with van der Waals surface area (Å²) in [5.74, 6) is -1.83. The summed E-state index contributed by atoms with van der Waals surface area (Å²) in [5, 5.41) is 26.0. The Hall–Kier alpha value is -2.82. The third-order valence-corrected chi connectivity index (χ3v) is 3.21. The molecule has 3 N–H and O–H groups in total. The number of carbonyl (C=O) groups is 2. The molecule has 0 amide bonds. The summed E-state index contributed by atoms with van der Waals surface area (Å²) in [7, 11) is 0. The third kappa shape index (κ3) is 7.13. The second-order valence-electron chi connectivity index (χ2n) is 5.03. The van der Waals surface area contributed by atoms with E-state index in [2.05, 4.69) is 0 Å². The summed E-state index contributed by atoms with van der Waals surface area (Å²) in [6.07, 6.45) is 0.563. The van der Waals surface area contributed by atoms with Crippen molar-refractivity contribution < 1.29 is 24.9 Å². The minimum Gasteiger partial charge on any atom is -0.508 e. The van der Waals surface area contributed by atoms with Gasteiger partial charge in [0, 0.05) is 6.42 Å². The van der Waals surface area contributed by atoms with Crippen molar-refractivity contribution in [2.75, 3.05) is 0 Å². The number of aromatic hydroxyl groups is 1. The van der Waals surface area contributed by atoms with Crippen molar-refractivity contribution in [2.45, 2.75) is 25.7 Å². The standard InChI is InChI=1S/C9H10O3.C9H10O2/c10-8-3-1-2-7(6-8)4-5-9(11)12;1-7(9(10)11)8-5-3-2-4-6-8/h1-3,6,10H,4-5H2,(H,11,12);2-7H,1H3,(H,10,11). The first-order chi connectivity index (χ1) is 10.9. The minimum atomic E-state index is -0.821. The normalized spacial score (nSPS) is 11.0. The monoisotopic (exact) mass is 316 g/mol. The van der Waals surface area contributed by atoms with Crippen LogP contribution in [0.1, 0.15) is 30.4 Å². The fourth-order valence-corrected chi connectivity index (χ4v) is 1.85. The van der Waals surface area contributed by atoms with Gasteiger partial charge in [0.25, 0.3) is 0 Å². The lowest BCUT2D eigenvalue weighted by Gasteiger charge is -2.04. The van der Waals surface area contributed by atoms with E-state index in [-0.39, 0.29) is 12.2 Å². The molecule has 0 aliphatic carbocycles. The van der Waals surface area contributed by atoms with Gasteiger partial charge in [-0.25, -0.2) is 0 Å². The van der Waals surface area contributed by atoms with Crippen LogP contribution in [0.4, 0.5) is 0 Å². The zero-order valence-corrected chi connectivity index (χ0v) is 12.8. The first kappa shape index (κ1) is 18.2. The number of hydrogen-bond donors (Lipinski definition) is 3. The smallest absolute Gasteiger partial charge is 0.310 e. The molecule has 122 valence electrons. The Bertz CT molecular complexity index is 637. The highest BCUT2D eigenvalue weighted by Crippen LogP contribution is 2.13. The highest BCUT2D eigenvalue weighted by Gasteiger charge is 2.11. The van der Waals surface area contributed by atoms with Crippen LogP contribution in [-0.2, 0) is 16.0 Å². The molecular formula is C18H20O5. The van der Waals surface area contributed by atoms with E-state index in [0.29, 0.717) is 6.42 Å². The summed E-state index contributed by atoms with van der Waals surface area (Å²) >= 11 is 0. The van der Waals surface area contributed by atoms with E-state index in [1.807, 2.05) is 30.3 Å². The second-order valence-corrected chi connectivity index (χ2v) is 5.03. The maximum absolute atomic E-state index is 10.5. The highest BCUT2D eigenvalue weighted by atomic mass is 16.4. The van der Waals surface area contributed by atoms with Gasteiger partial charge in [-0.1, -0.05) is 42.5 Å². The molecular weight excluding hydrogens is 296 g/mol. The molecule has 2 rings (SSSR count). The fraction of sp³-hybridized carbons (Fsp3) is 0.222. The van der Waals surface area contributed by atoms with Crippen LogP contribution in [0, 0.1) is 0 Å². The SMILES string of the molecule is CC(C(=O)O)c1ccccc1.O=C(O)CCc1cccc(O)c1. The van der Waals surface area contributed by atoms with E-state index in [9.17, 15) is 9.59 Å². The summed E-state index contributed by atoms with van der Waals surface area (Å²) in [6, 6.07) is 15.8. The van der Waals surface area contributed by atoms with Crippen molar-refractivity contribution in [1.82, 2.24) is 0 Å². The molecule has 1 unspecified atom stereocenters. The minimum absolute atomic E-state index is 0.101. The molecule has 0 bridgehead atoms. The number of phenolic OH excluding ortho intramolecular Hbond substituents is 1. The topological polar surface area (TPSA) is 94.8 Å². The molecule has 1 atom stereocenters. The molecule has 0 fully saturated rings. The van der Waals surface area contributed by atoms with Crippen molar-refractivity contribution in [2.24, 2.45) is 0 Å². The predicted octanol–water partition coefficient (Wildman–Crippen LogP) is 3.28. The molecule has 5 nitrogen and oxygen atoms in total. The first-order valence-electron chi connectivity index (χ1n) is 7.17. The second kappa shape index (κ2) is 9.25. The quantitative estimate of drug-likeness (QED) is 0.787. The molecule has 0 saturated heterocycles. The van der Waals surface area contributed by atoms with Crippen LogP contribution in [0.15, 0.2) is 54.6 Å². The van der Waals surface area contributed by atoms with E-state index < -0.39 is 17.9 Å². The van der Waals surface area contributed by atoms with Crippen LogP contribution < -0.4 is 0 Å². The van der Waals surface area contributed by atoms with Crippen molar-refractivity contribution in [3.63, 3.8) is 0 Å². The van der Waals surface area contributed by atoms with Gasteiger partial charge in [-0.05, 0) is 36.6 Å². The van der Waals surface area contributed by atoms with Gasteiger partial charge < -0.3 is 15.3 Å². The number of aryl methyl sites for hydroxylation is 1. The molecule has 0 aliphatic heterocycles. The van der Waals surface area contributed by atoms with Crippen molar-refractivity contribution in [3.8, 4) is 5.75 Å². The Labute approximate surface area is 134 Å². The maximum Gasteiger partial charge on any atom is 0.310 e. The lowest BCUT2D eigenvalue weighted by molar-refractivity contribution is -0.138. The zero-order chi connectivity index (χ0) is 17.2. The summed E-state index contributed by atoms with van der Waals surface area (Å²) in [4.78, 5) is 20.7. The molecule has 0 radical (unpaired) electrons. The number of aliphatic carboxylic acids is 2. The molecule has 0 aliphatic rings. The number of phenols is 1. The van der Waals surface area contributed by atoms with Crippen LogP contribution in [0.5, 0.6) is 5.75 Å². The molecule has 0 spiro atoms. The number of carboxylic acids is 2. The molecule has 23 heavy (non-hydrogen) atoms. The Kier molecular flexibility index (Phi) is 7.33. The fourth-order valence-electron chi connectivity index (χ4n) is 1.85. The van der Waals surface area contributed by atoms with E-state index >= 15 is 0 Å². The van der Waals surface area contributed by atoms with Gasteiger partial charge in [0.1, 0.15) is 5.75 Å². The highest BCUT2D eigenvalue weighted by molar-refractivity contribution is 5.75. The predicted molar refractivity (Wildman–Crippen MR) is 86.6 cm³/mol. The van der Waals surface area contributed by atoms with Crippen LogP contribution >= 0.6 is 0 Å². The molecule has 2 aromatic rings. The van der Waals surface area contributed by atoms with Crippen LogP contribution in [0.25, 0.3) is 0 Å². The van der Waals surface area contributed by atoms with Gasteiger partial charge in [0.05, 0.1) is 5.92 Å². The van der Waals surface area contributed by atoms with Crippen LogP contribution in [-0.4, -0.2) is 27.3 Å². The van der Waals surface area contributed by atoms with Gasteiger partial charge >= 0.3 is 11.9 Å². The Balaban J connectivity index is 0.000000231. The van der Waals surface area contributed by atoms with Crippen LogP contribution in [0.2, 0.25) is 0 Å². The molecule has 0 aromatic heterocycles. The number of rotatable bonds is 5. The average molecular weight is 316 g/mol. The lowest BCUT2D eigenvalue weighted by Crippen LogP contribution is -2.06. The largest absolute Gasteiger partial charge is 0.508 e. The number of hydrogen-bond acceptors (Lipinski definition) is 3. The summed E-state index contributed by atoms with van der Waals surface area (Å²) in [6.45, 7) is 1.68. The Morgan fingerprint density at radius 3 is 2.17 bits per heavy atom. The van der Waals surface area contributed by atoms with Crippen molar-refractivity contribution in [3.05, 3.63) is 65.7 Å². The van der Waals surface area contributed by atoms with E-state index in [1.165, 1.54) is 0 Å². The van der Waals surface area contributed by atoms with Gasteiger partial charge in [0.15, 0.2) is 0 Å². The van der Waals surface area contributed by atoms with E-state index in [1.54, 1.807) is 31.2 Å². The summed E-state index contributed by atoms with van der Waals surface area (Å²) in [5.41, 5.74) is 1.69. The van der Waals surface area contributed by atoms with Gasteiger partial charge in [-0.3, -0.25) is 9.59 Å². The van der Waals surface area contributed by atoms with Crippen LogP contribution in [0.3, 0.4) is 0 Å². The number of benzene rings is 2. The number of carboxylic acid groups (broad SMARTS) is 2. The Morgan fingerprint density at radius 1 is 1.00 bits per heavy atom. The lowest BCUT2D eigenvalue weighted by atomic mass is 10.0. The average Bonchev–Trinajstić information content (AvgIpc) is 2.53. The van der Waals surface area contributed by atoms with Gasteiger partial charge in [-0.2, -0.15) is 0 Å². The molecule has 0 heterocycles. The molecule has 0 saturated carbocycles. The van der Waals surface area contributed by atoms with Gasteiger partial charge in [0.2, 0.25) is 0 Å². The molecule has 2 aromatic carbocycles. The van der Waals surface area contributed by atoms with E-state index in [0.717, 1.165) is 11.1 Å². The first-order valence-corrected chi connectivity index (χ1v) is 7.17. The molecule has 5 heteroatoms. The maximum atomic E-state index is 10.5. The van der Waals surface area contributed by atoms with E-state index in [4.69, 9.17) is 15.3 Å².